The van der Waals surface area contributed by atoms with Crippen LogP contribution in [0.15, 0.2) is 66.0 Å². The van der Waals surface area contributed by atoms with Crippen LogP contribution in [0.2, 0.25) is 0 Å². The van der Waals surface area contributed by atoms with Crippen LogP contribution in [0.25, 0.3) is 0 Å². The molecule has 0 radical (unpaired) electrons. The van der Waals surface area contributed by atoms with Crippen LogP contribution in [0.4, 0.5) is 4.39 Å². The van der Waals surface area contributed by atoms with E-state index >= 15 is 0 Å². The van der Waals surface area contributed by atoms with Gasteiger partial charge in [-0.1, -0.05) is 48.5 Å². The summed E-state index contributed by atoms with van der Waals surface area (Å²) in [6, 6.07) is 15.7. The van der Waals surface area contributed by atoms with Gasteiger partial charge in [0, 0.05) is 24.7 Å². The normalized spacial score (nSPS) is 11.8. The molecular weight excluding hydrogens is 497 g/mol. The predicted molar refractivity (Wildman–Crippen MR) is 145 cm³/mol. The predicted octanol–water partition coefficient (Wildman–Crippen LogP) is 3.69. The summed E-state index contributed by atoms with van der Waals surface area (Å²) in [6.07, 6.45) is 1.58. The van der Waals surface area contributed by atoms with Gasteiger partial charge in [-0.3, -0.25) is 0 Å². The second-order valence-corrected chi connectivity index (χ2v) is 11.6. The van der Waals surface area contributed by atoms with Crippen molar-refractivity contribution in [2.75, 3.05) is 27.2 Å². The third-order valence-corrected chi connectivity index (χ3v) is 7.49. The molecule has 1 heterocycles. The summed E-state index contributed by atoms with van der Waals surface area (Å²) in [5.41, 5.74) is 1.75. The summed E-state index contributed by atoms with van der Waals surface area (Å²) < 4.78 is 42.9. The summed E-state index contributed by atoms with van der Waals surface area (Å²) in [7, 11) is 0.0506. The monoisotopic (exact) mass is 531 g/mol. The summed E-state index contributed by atoms with van der Waals surface area (Å²) >= 11 is 5.66. The van der Waals surface area contributed by atoms with E-state index in [1.54, 1.807) is 16.8 Å². The fraction of sp³-hybridized carbons (Fsp3) is 0.385. The first-order valence-electron chi connectivity index (χ1n) is 11.8. The van der Waals surface area contributed by atoms with Crippen molar-refractivity contribution in [2.45, 2.75) is 43.9 Å². The van der Waals surface area contributed by atoms with Gasteiger partial charge < -0.3 is 19.7 Å². The highest BCUT2D eigenvalue weighted by molar-refractivity contribution is 7.90. The van der Waals surface area contributed by atoms with E-state index in [4.69, 9.17) is 12.2 Å². The molecule has 0 atom stereocenters. The molecule has 0 aliphatic carbocycles. The molecule has 0 saturated carbocycles. The molecule has 3 aromatic rings. The molecule has 0 bridgehead atoms. The molecule has 0 aliphatic rings. The standard InChI is InChI=1S/C26H34FN5O2S2/c1-20(2)29-25(35)31(15-14-30(3)4)18-23-16-28-26(32(23)17-21-10-6-5-7-11-21)36(33,34)19-22-12-8-9-13-24(22)27/h5-13,16,20H,14-15,17-19H2,1-4H3,(H,29,35). The van der Waals surface area contributed by atoms with Crippen LogP contribution in [0, 0.1) is 5.82 Å². The maximum atomic E-state index is 14.3. The molecule has 0 spiro atoms. The number of nitrogens with zero attached hydrogens (tertiary/aromatic N) is 4. The Hall–Kier alpha value is -2.82. The van der Waals surface area contributed by atoms with Gasteiger partial charge in [0.25, 0.3) is 0 Å². The van der Waals surface area contributed by atoms with E-state index in [9.17, 15) is 12.8 Å². The van der Waals surface area contributed by atoms with Gasteiger partial charge in [-0.25, -0.2) is 17.8 Å². The van der Waals surface area contributed by atoms with Crippen molar-refractivity contribution in [3.63, 3.8) is 0 Å². The number of aromatic nitrogens is 2. The second-order valence-electron chi connectivity index (χ2n) is 9.28. The molecule has 0 saturated heterocycles. The maximum absolute atomic E-state index is 14.3. The van der Waals surface area contributed by atoms with Gasteiger partial charge in [0.2, 0.25) is 15.0 Å². The lowest BCUT2D eigenvalue weighted by Crippen LogP contribution is -2.45. The van der Waals surface area contributed by atoms with Crippen LogP contribution in [-0.4, -0.2) is 66.1 Å². The fourth-order valence-electron chi connectivity index (χ4n) is 3.69. The van der Waals surface area contributed by atoms with Gasteiger partial charge in [-0.2, -0.15) is 0 Å². The summed E-state index contributed by atoms with van der Waals surface area (Å²) in [5.74, 6) is -1.02. The number of halogens is 1. The molecule has 0 aliphatic heterocycles. The SMILES string of the molecule is CC(C)NC(=S)N(CCN(C)C)Cc1cnc(S(=O)(=O)Cc2ccccc2F)n1Cc1ccccc1. The van der Waals surface area contributed by atoms with Crippen LogP contribution < -0.4 is 5.32 Å². The second kappa shape index (κ2) is 12.4. The zero-order chi connectivity index (χ0) is 26.3. The van der Waals surface area contributed by atoms with Crippen LogP contribution >= 0.6 is 12.2 Å². The quantitative estimate of drug-likeness (QED) is 0.379. The summed E-state index contributed by atoms with van der Waals surface area (Å²) in [5, 5.41) is 3.79. The number of benzene rings is 2. The fourth-order valence-corrected chi connectivity index (χ4v) is 5.59. The lowest BCUT2D eigenvalue weighted by atomic mass is 10.2. The molecule has 0 fully saturated rings. The minimum absolute atomic E-state index is 0.0834. The van der Waals surface area contributed by atoms with Crippen molar-refractivity contribution in [3.05, 3.63) is 83.4 Å². The molecule has 10 heteroatoms. The third-order valence-electron chi connectivity index (χ3n) is 5.54. The van der Waals surface area contributed by atoms with Crippen molar-refractivity contribution in [1.29, 1.82) is 0 Å². The van der Waals surface area contributed by atoms with Crippen molar-refractivity contribution in [1.82, 2.24) is 24.7 Å². The van der Waals surface area contributed by atoms with Gasteiger partial charge >= 0.3 is 0 Å². The van der Waals surface area contributed by atoms with Crippen LogP contribution in [0.3, 0.4) is 0 Å². The van der Waals surface area contributed by atoms with Crippen LogP contribution in [0.1, 0.15) is 30.7 Å². The Balaban J connectivity index is 2.00. The highest BCUT2D eigenvalue weighted by Gasteiger charge is 2.26. The first-order chi connectivity index (χ1) is 17.1. The molecule has 1 aromatic heterocycles. The minimum Gasteiger partial charge on any atom is -0.360 e. The smallest absolute Gasteiger partial charge is 0.228 e. The number of likely N-dealkylation sites (N-methyl/N-ethyl adjacent to an activating group) is 1. The molecule has 36 heavy (non-hydrogen) atoms. The average molecular weight is 532 g/mol. The molecule has 194 valence electrons. The Bertz CT molecular complexity index is 1260. The van der Waals surface area contributed by atoms with E-state index in [2.05, 4.69) is 15.2 Å². The zero-order valence-corrected chi connectivity index (χ0v) is 22.8. The summed E-state index contributed by atoms with van der Waals surface area (Å²) in [6.45, 7) is 6.15. The van der Waals surface area contributed by atoms with E-state index in [0.29, 0.717) is 30.4 Å². The Labute approximate surface area is 218 Å². The van der Waals surface area contributed by atoms with E-state index < -0.39 is 21.4 Å². The Morgan fingerprint density at radius 3 is 2.39 bits per heavy atom. The van der Waals surface area contributed by atoms with Crippen LogP contribution in [0.5, 0.6) is 0 Å². The van der Waals surface area contributed by atoms with Crippen molar-refractivity contribution in [2.24, 2.45) is 0 Å². The largest absolute Gasteiger partial charge is 0.360 e. The van der Waals surface area contributed by atoms with Gasteiger partial charge in [0.05, 0.1) is 30.7 Å². The van der Waals surface area contributed by atoms with E-state index in [1.165, 1.54) is 18.2 Å². The molecule has 3 rings (SSSR count). The number of rotatable bonds is 11. The lowest BCUT2D eigenvalue weighted by Gasteiger charge is -2.29. The topological polar surface area (TPSA) is 70.5 Å². The molecule has 1 N–H and O–H groups in total. The van der Waals surface area contributed by atoms with Crippen molar-refractivity contribution in [3.8, 4) is 0 Å². The molecule has 0 amide bonds. The van der Waals surface area contributed by atoms with Crippen LogP contribution in [-0.2, 0) is 28.7 Å². The Morgan fingerprint density at radius 2 is 1.75 bits per heavy atom. The number of sulfone groups is 1. The summed E-state index contributed by atoms with van der Waals surface area (Å²) in [4.78, 5) is 8.41. The van der Waals surface area contributed by atoms with E-state index in [0.717, 1.165) is 12.1 Å². The first-order valence-corrected chi connectivity index (χ1v) is 13.9. The molecule has 2 aromatic carbocycles. The zero-order valence-electron chi connectivity index (χ0n) is 21.2. The number of nitrogens with one attached hydrogen (secondary N) is 1. The van der Waals surface area contributed by atoms with Gasteiger partial charge in [-0.15, -0.1) is 0 Å². The number of imidazole rings is 1. The molecule has 7 nitrogen and oxygen atoms in total. The number of hydrogen-bond donors (Lipinski definition) is 1. The highest BCUT2D eigenvalue weighted by Crippen LogP contribution is 2.21. The maximum Gasteiger partial charge on any atom is 0.228 e. The van der Waals surface area contributed by atoms with Gasteiger partial charge in [-0.05, 0) is 51.8 Å². The minimum atomic E-state index is -3.93. The van der Waals surface area contributed by atoms with Crippen molar-refractivity contribution < 1.29 is 12.8 Å². The highest BCUT2D eigenvalue weighted by atomic mass is 32.2. The average Bonchev–Trinajstić information content (AvgIpc) is 3.21. The third kappa shape index (κ3) is 7.59. The molecule has 0 unspecified atom stereocenters. The van der Waals surface area contributed by atoms with E-state index in [1.807, 2.05) is 63.2 Å². The number of thiocarbonyl (C=S) groups is 1. The Morgan fingerprint density at radius 1 is 1.08 bits per heavy atom. The Kier molecular flexibility index (Phi) is 9.58. The lowest BCUT2D eigenvalue weighted by molar-refractivity contribution is 0.316. The van der Waals surface area contributed by atoms with Gasteiger partial charge in [0.1, 0.15) is 5.82 Å². The molecular formula is C26H34FN5O2S2. The first kappa shape index (κ1) is 27.8. The van der Waals surface area contributed by atoms with E-state index in [-0.39, 0.29) is 16.8 Å². The van der Waals surface area contributed by atoms with Crippen molar-refractivity contribution >= 4 is 27.2 Å². The number of hydrogen-bond acceptors (Lipinski definition) is 5. The van der Waals surface area contributed by atoms with Gasteiger partial charge in [0.15, 0.2) is 5.11 Å².